The second-order valence-electron chi connectivity index (χ2n) is 5.66. The van der Waals surface area contributed by atoms with Crippen molar-refractivity contribution in [2.75, 3.05) is 46.4 Å². The molecule has 122 valence electrons. The molecule has 0 radical (unpaired) electrons. The fourth-order valence-electron chi connectivity index (χ4n) is 2.51. The van der Waals surface area contributed by atoms with Crippen LogP contribution >= 0.6 is 0 Å². The molecule has 0 aliphatic carbocycles. The number of carbonyl (C=O) groups excluding carboxylic acids is 1. The highest BCUT2D eigenvalue weighted by molar-refractivity contribution is 5.91. The van der Waals surface area contributed by atoms with Crippen molar-refractivity contribution < 1.29 is 13.9 Å². The molecule has 2 rings (SSSR count). The number of aryl methyl sites for hydroxylation is 1. The molecule has 0 aromatic carbocycles. The first-order valence-corrected chi connectivity index (χ1v) is 7.73. The van der Waals surface area contributed by atoms with Crippen molar-refractivity contribution in [3.8, 4) is 0 Å². The summed E-state index contributed by atoms with van der Waals surface area (Å²) in [4.78, 5) is 27.6. The van der Waals surface area contributed by atoms with E-state index in [9.17, 15) is 9.59 Å². The smallest absolute Gasteiger partial charge is 0.289 e. The molecule has 0 bridgehead atoms. The van der Waals surface area contributed by atoms with E-state index in [0.717, 1.165) is 45.7 Å². The molecule has 6 nitrogen and oxygen atoms in total. The first kappa shape index (κ1) is 16.7. The van der Waals surface area contributed by atoms with E-state index in [1.165, 1.54) is 12.1 Å². The van der Waals surface area contributed by atoms with Crippen LogP contribution in [0.1, 0.15) is 29.2 Å². The fraction of sp³-hybridized carbons (Fsp3) is 0.625. The molecule has 1 aromatic heterocycles. The molecular weight excluding hydrogens is 284 g/mol. The van der Waals surface area contributed by atoms with Crippen molar-refractivity contribution in [3.05, 3.63) is 33.9 Å². The average Bonchev–Trinajstić information content (AvgIpc) is 2.50. The molecule has 0 saturated carbocycles. The maximum Gasteiger partial charge on any atom is 0.289 e. The van der Waals surface area contributed by atoms with Gasteiger partial charge in [-0.2, -0.15) is 0 Å². The first-order valence-electron chi connectivity index (χ1n) is 7.73. The van der Waals surface area contributed by atoms with Crippen LogP contribution in [-0.4, -0.2) is 62.1 Å². The highest BCUT2D eigenvalue weighted by Gasteiger charge is 2.15. The number of unbranched alkanes of at least 4 members (excludes halogenated alkanes) is 1. The van der Waals surface area contributed by atoms with Crippen LogP contribution < -0.4 is 5.43 Å². The molecule has 0 N–H and O–H groups in total. The van der Waals surface area contributed by atoms with Crippen molar-refractivity contribution in [2.45, 2.75) is 19.8 Å². The van der Waals surface area contributed by atoms with Crippen LogP contribution in [0.3, 0.4) is 0 Å². The summed E-state index contributed by atoms with van der Waals surface area (Å²) in [6, 6.07) is 2.62. The van der Waals surface area contributed by atoms with Gasteiger partial charge in [0.1, 0.15) is 5.76 Å². The Hall–Kier alpha value is -1.66. The van der Waals surface area contributed by atoms with Crippen LogP contribution in [-0.2, 0) is 4.74 Å². The van der Waals surface area contributed by atoms with Gasteiger partial charge in [0, 0.05) is 38.8 Å². The molecule has 0 atom stereocenters. The van der Waals surface area contributed by atoms with Crippen LogP contribution in [0.25, 0.3) is 0 Å². The zero-order chi connectivity index (χ0) is 15.9. The minimum absolute atomic E-state index is 0.112. The Morgan fingerprint density at radius 3 is 2.68 bits per heavy atom. The van der Waals surface area contributed by atoms with Gasteiger partial charge in [-0.05, 0) is 26.3 Å². The van der Waals surface area contributed by atoms with Crippen LogP contribution in [0.5, 0.6) is 0 Å². The lowest BCUT2D eigenvalue weighted by atomic mass is 10.2. The lowest BCUT2D eigenvalue weighted by Crippen LogP contribution is -2.37. The number of nitrogens with zero attached hydrogens (tertiary/aromatic N) is 2. The molecule has 1 aromatic rings. The Balaban J connectivity index is 1.75. The average molecular weight is 308 g/mol. The third-order valence-electron chi connectivity index (χ3n) is 3.77. The van der Waals surface area contributed by atoms with Gasteiger partial charge in [-0.3, -0.25) is 14.5 Å². The van der Waals surface area contributed by atoms with Gasteiger partial charge in [-0.15, -0.1) is 0 Å². The maximum atomic E-state index is 12.2. The van der Waals surface area contributed by atoms with Crippen LogP contribution in [0, 0.1) is 6.92 Å². The monoisotopic (exact) mass is 308 g/mol. The largest absolute Gasteiger partial charge is 0.456 e. The molecule has 6 heteroatoms. The summed E-state index contributed by atoms with van der Waals surface area (Å²) < 4.78 is 10.6. The van der Waals surface area contributed by atoms with Crippen molar-refractivity contribution in [2.24, 2.45) is 0 Å². The van der Waals surface area contributed by atoms with Crippen molar-refractivity contribution in [1.29, 1.82) is 0 Å². The number of hydrogen-bond donors (Lipinski definition) is 0. The van der Waals surface area contributed by atoms with Gasteiger partial charge in [0.15, 0.2) is 11.2 Å². The minimum atomic E-state index is -0.243. The van der Waals surface area contributed by atoms with Gasteiger partial charge in [0.2, 0.25) is 0 Å². The van der Waals surface area contributed by atoms with E-state index in [0.29, 0.717) is 12.3 Å². The van der Waals surface area contributed by atoms with Gasteiger partial charge < -0.3 is 14.1 Å². The summed E-state index contributed by atoms with van der Waals surface area (Å²) >= 11 is 0. The zero-order valence-electron chi connectivity index (χ0n) is 13.3. The number of morpholine rings is 1. The van der Waals surface area contributed by atoms with Crippen LogP contribution in [0.15, 0.2) is 21.3 Å². The summed E-state index contributed by atoms with van der Waals surface area (Å²) in [6.45, 7) is 6.95. The topological polar surface area (TPSA) is 63.0 Å². The number of carbonyl (C=O) groups is 1. The maximum absolute atomic E-state index is 12.2. The molecule has 1 saturated heterocycles. The van der Waals surface area contributed by atoms with E-state index in [4.69, 9.17) is 9.15 Å². The van der Waals surface area contributed by atoms with Crippen LogP contribution in [0.2, 0.25) is 0 Å². The standard InChI is InChI=1S/C16H24N2O4/c1-13-11-14(19)12-15(22-13)16(20)17(2)5-3-4-6-18-7-9-21-10-8-18/h11-12H,3-10H2,1-2H3. The quantitative estimate of drug-likeness (QED) is 0.737. The molecule has 1 amide bonds. The molecule has 1 fully saturated rings. The number of rotatable bonds is 6. The predicted octanol–water partition coefficient (Wildman–Crippen LogP) is 1.13. The molecule has 0 unspecified atom stereocenters. The normalized spacial score (nSPS) is 15.7. The number of ether oxygens (including phenoxy) is 1. The van der Waals surface area contributed by atoms with Crippen molar-refractivity contribution in [3.63, 3.8) is 0 Å². The molecule has 1 aliphatic heterocycles. The van der Waals surface area contributed by atoms with Gasteiger partial charge in [-0.25, -0.2) is 0 Å². The summed E-state index contributed by atoms with van der Waals surface area (Å²) in [7, 11) is 1.74. The van der Waals surface area contributed by atoms with Gasteiger partial charge in [0.05, 0.1) is 13.2 Å². The Labute approximate surface area is 130 Å². The lowest BCUT2D eigenvalue weighted by Gasteiger charge is -2.26. The molecule has 2 heterocycles. The minimum Gasteiger partial charge on any atom is -0.456 e. The fourth-order valence-corrected chi connectivity index (χ4v) is 2.51. The van der Waals surface area contributed by atoms with E-state index in [-0.39, 0.29) is 17.1 Å². The molecule has 22 heavy (non-hydrogen) atoms. The van der Waals surface area contributed by atoms with E-state index in [1.54, 1.807) is 18.9 Å². The summed E-state index contributed by atoms with van der Waals surface area (Å²) in [6.07, 6.45) is 1.96. The Kier molecular flexibility index (Phi) is 6.15. The Bertz CT molecular complexity index is 549. The third kappa shape index (κ3) is 4.96. The van der Waals surface area contributed by atoms with Crippen LogP contribution in [0.4, 0.5) is 0 Å². The van der Waals surface area contributed by atoms with Crippen molar-refractivity contribution in [1.82, 2.24) is 9.80 Å². The predicted molar refractivity (Wildman–Crippen MR) is 83.2 cm³/mol. The highest BCUT2D eigenvalue weighted by atomic mass is 16.5. The SMILES string of the molecule is Cc1cc(=O)cc(C(=O)N(C)CCCCN2CCOCC2)o1. The number of amides is 1. The van der Waals surface area contributed by atoms with Gasteiger partial charge in [0.25, 0.3) is 5.91 Å². The first-order chi connectivity index (χ1) is 10.6. The second-order valence-corrected chi connectivity index (χ2v) is 5.66. The van der Waals surface area contributed by atoms with E-state index < -0.39 is 0 Å². The summed E-state index contributed by atoms with van der Waals surface area (Å²) in [5.41, 5.74) is -0.201. The second kappa shape index (κ2) is 8.10. The van der Waals surface area contributed by atoms with Crippen molar-refractivity contribution >= 4 is 5.91 Å². The molecule has 1 aliphatic rings. The Morgan fingerprint density at radius 2 is 2.00 bits per heavy atom. The van der Waals surface area contributed by atoms with Gasteiger partial charge in [-0.1, -0.05) is 0 Å². The van der Waals surface area contributed by atoms with E-state index in [1.807, 2.05) is 0 Å². The molecule has 0 spiro atoms. The van der Waals surface area contributed by atoms with E-state index in [2.05, 4.69) is 4.90 Å². The zero-order valence-corrected chi connectivity index (χ0v) is 13.3. The lowest BCUT2D eigenvalue weighted by molar-refractivity contribution is 0.0368. The summed E-state index contributed by atoms with van der Waals surface area (Å²) in [5, 5.41) is 0. The Morgan fingerprint density at radius 1 is 1.27 bits per heavy atom. The molecular formula is C16H24N2O4. The van der Waals surface area contributed by atoms with E-state index >= 15 is 0 Å². The summed E-state index contributed by atoms with van der Waals surface area (Å²) in [5.74, 6) is 0.324. The number of hydrogen-bond acceptors (Lipinski definition) is 5. The highest BCUT2D eigenvalue weighted by Crippen LogP contribution is 2.06. The van der Waals surface area contributed by atoms with Gasteiger partial charge >= 0.3 is 0 Å². The third-order valence-corrected chi connectivity index (χ3v) is 3.77.